The van der Waals surface area contributed by atoms with Gasteiger partial charge in [0.2, 0.25) is 0 Å². The minimum absolute atomic E-state index is 0.328. The second-order valence-corrected chi connectivity index (χ2v) is 11.3. The van der Waals surface area contributed by atoms with Crippen LogP contribution in [0, 0.1) is 6.92 Å². The fourth-order valence-electron chi connectivity index (χ4n) is 5.50. The smallest absolute Gasteiger partial charge is 0.182 e. The molecule has 0 aliphatic carbocycles. The van der Waals surface area contributed by atoms with Gasteiger partial charge in [-0.2, -0.15) is 0 Å². The molecule has 0 saturated carbocycles. The number of nitrogens with two attached hydrogens (primary N) is 1. The summed E-state index contributed by atoms with van der Waals surface area (Å²) in [4.78, 5) is 24.8. The van der Waals surface area contributed by atoms with Crippen LogP contribution in [0.3, 0.4) is 0 Å². The first-order valence-corrected chi connectivity index (χ1v) is 13.9. The molecule has 8 nitrogen and oxygen atoms in total. The average Bonchev–Trinajstić information content (AvgIpc) is 3.45. The Morgan fingerprint density at radius 2 is 1.89 bits per heavy atom. The van der Waals surface area contributed by atoms with E-state index < -0.39 is 0 Å². The first-order chi connectivity index (χ1) is 17.9. The van der Waals surface area contributed by atoms with Crippen molar-refractivity contribution in [3.05, 3.63) is 53.1 Å². The molecule has 192 valence electrons. The summed E-state index contributed by atoms with van der Waals surface area (Å²) in [5, 5.41) is 0.538. The summed E-state index contributed by atoms with van der Waals surface area (Å²) in [6, 6.07) is 8.43. The Labute approximate surface area is 221 Å². The molecule has 5 heterocycles. The second kappa shape index (κ2) is 9.87. The van der Waals surface area contributed by atoms with Crippen LogP contribution in [0.2, 0.25) is 0 Å². The molecule has 0 bridgehead atoms. The maximum absolute atomic E-state index is 6.20. The zero-order chi connectivity index (χ0) is 25.5. The molecular weight excluding hydrogens is 482 g/mol. The highest BCUT2D eigenvalue weighted by molar-refractivity contribution is 7.21. The van der Waals surface area contributed by atoms with Crippen LogP contribution in [0.15, 0.2) is 30.5 Å². The van der Waals surface area contributed by atoms with Crippen LogP contribution >= 0.6 is 11.3 Å². The molecule has 0 atom stereocenters. The Balaban J connectivity index is 1.35. The second-order valence-electron chi connectivity index (χ2n) is 10.3. The lowest BCUT2D eigenvalue weighted by molar-refractivity contribution is 0.321. The lowest BCUT2D eigenvalue weighted by atomic mass is 10.0. The van der Waals surface area contributed by atoms with Crippen molar-refractivity contribution in [2.24, 2.45) is 0 Å². The maximum atomic E-state index is 6.20. The van der Waals surface area contributed by atoms with E-state index in [1.165, 1.54) is 29.7 Å². The number of rotatable bonds is 5. The third kappa shape index (κ3) is 4.85. The third-order valence-corrected chi connectivity index (χ3v) is 8.05. The summed E-state index contributed by atoms with van der Waals surface area (Å²) >= 11 is 1.41. The van der Waals surface area contributed by atoms with Gasteiger partial charge in [0.05, 0.1) is 13.1 Å². The van der Waals surface area contributed by atoms with Gasteiger partial charge in [0.1, 0.15) is 34.3 Å². The molecular formula is C28H33N7OS. The summed E-state index contributed by atoms with van der Waals surface area (Å²) in [5.74, 6) is 3.21. The summed E-state index contributed by atoms with van der Waals surface area (Å²) in [6.45, 7) is 11.8. The standard InChI is InChI=1S/C28H33N7OS/c1-17(2)25-18(3)31-24(16-34-8-4-5-9-34)33-26(25)35-10-11-36-23-7-6-19(12-21(23)15-35)20-13-22-27(30-14-20)37-28(29)32-22/h6-7,12-14,17H,4-5,8-11,15-16H2,1-3H3,(H2,29,32). The maximum Gasteiger partial charge on any atom is 0.182 e. The number of hydrogen-bond donors (Lipinski definition) is 1. The van der Waals surface area contributed by atoms with Crippen molar-refractivity contribution < 1.29 is 4.74 Å². The number of aryl methyl sites for hydroxylation is 1. The van der Waals surface area contributed by atoms with E-state index in [1.807, 2.05) is 6.20 Å². The number of hydrogen-bond acceptors (Lipinski definition) is 9. The molecule has 0 radical (unpaired) electrons. The normalized spacial score (nSPS) is 16.3. The van der Waals surface area contributed by atoms with Gasteiger partial charge in [-0.15, -0.1) is 0 Å². The number of ether oxygens (including phenoxy) is 1. The molecule has 9 heteroatoms. The molecule has 0 unspecified atom stereocenters. The molecule has 1 saturated heterocycles. The van der Waals surface area contributed by atoms with E-state index in [-0.39, 0.29) is 0 Å². The van der Waals surface area contributed by atoms with Crippen molar-refractivity contribution in [2.75, 3.05) is 36.9 Å². The van der Waals surface area contributed by atoms with E-state index in [0.717, 1.165) is 82.8 Å². The zero-order valence-corrected chi connectivity index (χ0v) is 22.5. The molecule has 2 aliphatic rings. The molecule has 0 amide bonds. The Morgan fingerprint density at radius 3 is 2.70 bits per heavy atom. The first-order valence-electron chi connectivity index (χ1n) is 13.1. The number of aromatic nitrogens is 4. The number of fused-ring (bicyclic) bond motifs is 2. The summed E-state index contributed by atoms with van der Waals surface area (Å²) in [5.41, 5.74) is 12.3. The zero-order valence-electron chi connectivity index (χ0n) is 21.7. The van der Waals surface area contributed by atoms with Gasteiger partial charge >= 0.3 is 0 Å². The molecule has 4 aromatic rings. The fourth-order valence-corrected chi connectivity index (χ4v) is 6.16. The molecule has 0 spiro atoms. The van der Waals surface area contributed by atoms with Crippen LogP contribution in [-0.4, -0.2) is 51.1 Å². The number of nitrogen functional groups attached to an aromatic ring is 1. The van der Waals surface area contributed by atoms with E-state index in [9.17, 15) is 0 Å². The SMILES string of the molecule is Cc1nc(CN2CCCC2)nc(N2CCOc3ccc(-c4cnc5sc(N)nc5c4)cc3C2)c1C(C)C. The van der Waals surface area contributed by atoms with Gasteiger partial charge in [-0.05, 0) is 62.5 Å². The van der Waals surface area contributed by atoms with E-state index >= 15 is 0 Å². The number of benzene rings is 1. The van der Waals surface area contributed by atoms with Crippen LogP contribution in [0.25, 0.3) is 21.5 Å². The van der Waals surface area contributed by atoms with Crippen LogP contribution in [0.4, 0.5) is 10.9 Å². The predicted octanol–water partition coefficient (Wildman–Crippen LogP) is 5.16. The van der Waals surface area contributed by atoms with Crippen LogP contribution < -0.4 is 15.4 Å². The molecule has 2 N–H and O–H groups in total. The summed E-state index contributed by atoms with van der Waals surface area (Å²) < 4.78 is 6.20. The number of pyridine rings is 1. The highest BCUT2D eigenvalue weighted by Crippen LogP contribution is 2.35. The van der Waals surface area contributed by atoms with Gasteiger partial charge in [-0.25, -0.2) is 19.9 Å². The fraction of sp³-hybridized carbons (Fsp3) is 0.429. The highest BCUT2D eigenvalue weighted by atomic mass is 32.1. The number of nitrogens with zero attached hydrogens (tertiary/aromatic N) is 6. The van der Waals surface area contributed by atoms with E-state index in [1.54, 1.807) is 0 Å². The van der Waals surface area contributed by atoms with Crippen molar-refractivity contribution in [3.8, 4) is 16.9 Å². The van der Waals surface area contributed by atoms with Crippen molar-refractivity contribution in [1.29, 1.82) is 0 Å². The number of anilines is 2. The van der Waals surface area contributed by atoms with Gasteiger partial charge in [0.25, 0.3) is 0 Å². The van der Waals surface area contributed by atoms with Gasteiger partial charge in [0, 0.05) is 35.1 Å². The minimum atomic E-state index is 0.328. The molecule has 1 fully saturated rings. The third-order valence-electron chi connectivity index (χ3n) is 7.24. The molecule has 2 aliphatic heterocycles. The minimum Gasteiger partial charge on any atom is -0.491 e. The average molecular weight is 516 g/mol. The Hall–Kier alpha value is -3.30. The van der Waals surface area contributed by atoms with Crippen molar-refractivity contribution >= 4 is 32.6 Å². The van der Waals surface area contributed by atoms with Crippen LogP contribution in [0.5, 0.6) is 5.75 Å². The summed E-state index contributed by atoms with van der Waals surface area (Å²) in [7, 11) is 0. The Morgan fingerprint density at radius 1 is 1.05 bits per heavy atom. The number of thiazole rings is 1. The van der Waals surface area contributed by atoms with Crippen molar-refractivity contribution in [3.63, 3.8) is 0 Å². The van der Waals surface area contributed by atoms with E-state index in [2.05, 4.69) is 64.8 Å². The van der Waals surface area contributed by atoms with Crippen LogP contribution in [-0.2, 0) is 13.1 Å². The quantitative estimate of drug-likeness (QED) is 0.390. The molecule has 3 aromatic heterocycles. The van der Waals surface area contributed by atoms with Gasteiger partial charge in [-0.1, -0.05) is 31.3 Å². The lowest BCUT2D eigenvalue weighted by Crippen LogP contribution is -2.29. The van der Waals surface area contributed by atoms with Crippen molar-refractivity contribution in [1.82, 2.24) is 24.8 Å². The highest BCUT2D eigenvalue weighted by Gasteiger charge is 2.24. The monoisotopic (exact) mass is 515 g/mol. The molecule has 37 heavy (non-hydrogen) atoms. The Kier molecular flexibility index (Phi) is 6.42. The first kappa shape index (κ1) is 24.1. The van der Waals surface area contributed by atoms with E-state index in [4.69, 9.17) is 20.4 Å². The van der Waals surface area contributed by atoms with Gasteiger partial charge in [-0.3, -0.25) is 4.90 Å². The topological polar surface area (TPSA) is 93.3 Å². The van der Waals surface area contributed by atoms with Crippen LogP contribution in [0.1, 0.15) is 55.3 Å². The van der Waals surface area contributed by atoms with Crippen molar-refractivity contribution in [2.45, 2.75) is 52.6 Å². The molecule has 1 aromatic carbocycles. The number of likely N-dealkylation sites (tertiary alicyclic amines) is 1. The largest absolute Gasteiger partial charge is 0.491 e. The van der Waals surface area contributed by atoms with E-state index in [0.29, 0.717) is 17.7 Å². The Bertz CT molecular complexity index is 1440. The summed E-state index contributed by atoms with van der Waals surface area (Å²) in [6.07, 6.45) is 4.42. The predicted molar refractivity (Wildman–Crippen MR) is 149 cm³/mol. The lowest BCUT2D eigenvalue weighted by Gasteiger charge is -2.27. The molecule has 6 rings (SSSR count). The van der Waals surface area contributed by atoms with Gasteiger partial charge < -0.3 is 15.4 Å². The van der Waals surface area contributed by atoms with Gasteiger partial charge in [0.15, 0.2) is 5.13 Å².